The van der Waals surface area contributed by atoms with Crippen LogP contribution in [0.3, 0.4) is 0 Å². The maximum absolute atomic E-state index is 2.59. The zero-order valence-electron chi connectivity index (χ0n) is 39.2. The van der Waals surface area contributed by atoms with Crippen LogP contribution in [-0.2, 0) is 5.41 Å². The van der Waals surface area contributed by atoms with Crippen LogP contribution >= 0.6 is 0 Å². The fourth-order valence-electron chi connectivity index (χ4n) is 13.0. The molecule has 1 spiro atoms. The maximum atomic E-state index is 2.59. The number of hydrogen-bond donors (Lipinski definition) is 0. The van der Waals surface area contributed by atoms with Crippen molar-refractivity contribution in [1.29, 1.82) is 0 Å². The average molecular weight is 901 g/mol. The molecule has 4 aliphatic rings. The second kappa shape index (κ2) is 15.3. The van der Waals surface area contributed by atoms with Crippen LogP contribution in [0.2, 0.25) is 0 Å². The molecule has 0 fully saturated rings. The summed E-state index contributed by atoms with van der Waals surface area (Å²) in [6.45, 7) is 2.25. The second-order valence-electron chi connectivity index (χ2n) is 19.6. The van der Waals surface area contributed by atoms with Crippen LogP contribution in [0.4, 0.5) is 34.1 Å². The van der Waals surface area contributed by atoms with Gasteiger partial charge in [-0.3, -0.25) is 0 Å². The van der Waals surface area contributed by atoms with E-state index < -0.39 is 5.41 Å². The van der Waals surface area contributed by atoms with E-state index in [1.54, 1.807) is 0 Å². The average Bonchev–Trinajstić information content (AvgIpc) is 3.90. The van der Waals surface area contributed by atoms with Crippen molar-refractivity contribution in [2.75, 3.05) is 9.80 Å². The molecule has 2 aliphatic heterocycles. The van der Waals surface area contributed by atoms with E-state index in [1.807, 2.05) is 0 Å². The van der Waals surface area contributed by atoms with Gasteiger partial charge in [-0.05, 0) is 155 Å². The summed E-state index contributed by atoms with van der Waals surface area (Å²) in [5.41, 5.74) is 29.6. The van der Waals surface area contributed by atoms with Gasteiger partial charge in [0.05, 0.1) is 5.41 Å². The quantitative estimate of drug-likeness (QED) is 0.159. The minimum atomic E-state index is -0.414. The highest BCUT2D eigenvalue weighted by molar-refractivity contribution is 7.00. The van der Waals surface area contributed by atoms with E-state index in [2.05, 4.69) is 272 Å². The van der Waals surface area contributed by atoms with Crippen LogP contribution in [0.1, 0.15) is 27.8 Å². The molecule has 11 aromatic carbocycles. The van der Waals surface area contributed by atoms with Gasteiger partial charge in [-0.1, -0.05) is 206 Å². The molecule has 2 heterocycles. The largest absolute Gasteiger partial charge is 0.311 e. The van der Waals surface area contributed by atoms with Crippen LogP contribution in [-0.4, -0.2) is 6.71 Å². The van der Waals surface area contributed by atoms with Gasteiger partial charge in [0, 0.05) is 34.1 Å². The summed E-state index contributed by atoms with van der Waals surface area (Å²) in [5, 5.41) is 0. The van der Waals surface area contributed by atoms with Gasteiger partial charge >= 0.3 is 0 Å². The molecule has 15 rings (SSSR count). The molecule has 0 amide bonds. The number of rotatable bonds is 5. The van der Waals surface area contributed by atoms with E-state index >= 15 is 0 Å². The first kappa shape index (κ1) is 40.0. The fraction of sp³-hybridized carbons (Fsp3) is 0.0294. The predicted octanol–water partition coefficient (Wildman–Crippen LogP) is 15.4. The monoisotopic (exact) mass is 900 g/mol. The predicted molar refractivity (Wildman–Crippen MR) is 298 cm³/mol. The zero-order valence-corrected chi connectivity index (χ0v) is 39.2. The van der Waals surface area contributed by atoms with Crippen LogP contribution in [0.15, 0.2) is 255 Å². The van der Waals surface area contributed by atoms with Crippen molar-refractivity contribution in [2.45, 2.75) is 12.3 Å². The second-order valence-corrected chi connectivity index (χ2v) is 19.6. The van der Waals surface area contributed by atoms with Gasteiger partial charge in [-0.25, -0.2) is 0 Å². The van der Waals surface area contributed by atoms with Gasteiger partial charge in [0.2, 0.25) is 0 Å². The van der Waals surface area contributed by atoms with Crippen LogP contribution in [0.25, 0.3) is 55.6 Å². The number of anilines is 6. The summed E-state index contributed by atoms with van der Waals surface area (Å²) < 4.78 is 0. The van der Waals surface area contributed by atoms with Gasteiger partial charge < -0.3 is 9.80 Å². The molecule has 0 saturated carbocycles. The maximum Gasteiger partial charge on any atom is 0.252 e. The van der Waals surface area contributed by atoms with E-state index in [4.69, 9.17) is 0 Å². The van der Waals surface area contributed by atoms with Gasteiger partial charge in [-0.15, -0.1) is 0 Å². The standard InChI is InChI=1S/C68H45BN2/c1-44-38-65-67-66(39-44)71(52-34-35-60-56(43-52)55-28-13-16-31-59(55)68(60)57-29-14-11-26-53(57)54-27-12-15-30-58(54)68)64-42-50(47-22-9-4-10-23-47)33-37-62(64)69(67)61-36-32-49(46-20-7-3-8-21-46)41-63(61)70(65)51-25-17-24-48(40-51)45-18-5-2-6-19-45/h2-43H,1H3. The van der Waals surface area contributed by atoms with Crippen molar-refractivity contribution in [3.8, 4) is 55.6 Å². The van der Waals surface area contributed by atoms with E-state index in [-0.39, 0.29) is 6.71 Å². The lowest BCUT2D eigenvalue weighted by molar-refractivity contribution is 0.794. The Kier molecular flexibility index (Phi) is 8.62. The van der Waals surface area contributed by atoms with Crippen molar-refractivity contribution in [2.24, 2.45) is 0 Å². The molecule has 0 radical (unpaired) electrons. The smallest absolute Gasteiger partial charge is 0.252 e. The molecule has 2 nitrogen and oxygen atoms in total. The molecule has 0 unspecified atom stereocenters. The number of nitrogens with zero attached hydrogens (tertiary/aromatic N) is 2. The molecule has 71 heavy (non-hydrogen) atoms. The van der Waals surface area contributed by atoms with Crippen molar-refractivity contribution >= 4 is 57.2 Å². The van der Waals surface area contributed by atoms with Gasteiger partial charge in [-0.2, -0.15) is 0 Å². The summed E-state index contributed by atoms with van der Waals surface area (Å²) in [6.07, 6.45) is 0. The number of fused-ring (bicyclic) bond motifs is 14. The normalized spacial score (nSPS) is 13.7. The summed E-state index contributed by atoms with van der Waals surface area (Å²) in [7, 11) is 0. The molecule has 330 valence electrons. The van der Waals surface area contributed by atoms with Gasteiger partial charge in [0.15, 0.2) is 0 Å². The van der Waals surface area contributed by atoms with Crippen LogP contribution in [0, 0.1) is 6.92 Å². The Balaban J connectivity index is 0.999. The summed E-state index contributed by atoms with van der Waals surface area (Å²) in [4.78, 5) is 5.15. The minimum Gasteiger partial charge on any atom is -0.311 e. The highest BCUT2D eigenvalue weighted by Crippen LogP contribution is 2.63. The van der Waals surface area contributed by atoms with Crippen molar-refractivity contribution in [1.82, 2.24) is 0 Å². The molecule has 0 aromatic heterocycles. The molecule has 0 N–H and O–H groups in total. The molecular formula is C68H45BN2. The van der Waals surface area contributed by atoms with E-state index in [1.165, 1.54) is 123 Å². The van der Waals surface area contributed by atoms with Crippen molar-refractivity contribution < 1.29 is 0 Å². The molecular weight excluding hydrogens is 856 g/mol. The third kappa shape index (κ3) is 5.72. The lowest BCUT2D eigenvalue weighted by Gasteiger charge is -2.44. The number of benzene rings is 11. The lowest BCUT2D eigenvalue weighted by atomic mass is 9.33. The zero-order chi connectivity index (χ0) is 46.8. The Morgan fingerprint density at radius 2 is 0.704 bits per heavy atom. The molecule has 11 aromatic rings. The summed E-state index contributed by atoms with van der Waals surface area (Å²) in [5.74, 6) is 0. The van der Waals surface area contributed by atoms with E-state index in [9.17, 15) is 0 Å². The first-order valence-electron chi connectivity index (χ1n) is 24.9. The van der Waals surface area contributed by atoms with E-state index in [0.717, 1.165) is 11.4 Å². The SMILES string of the molecule is Cc1cc2c3c(c1)N(c1ccc4c(c1)-c1ccccc1C41c4ccccc4-c4ccccc41)c1cc(-c4ccccc4)ccc1B3c1ccc(-c3ccccc3)cc1N2c1cccc(-c2ccccc2)c1. The Morgan fingerprint density at radius 3 is 1.21 bits per heavy atom. The highest BCUT2D eigenvalue weighted by Gasteiger charge is 2.52. The Bertz CT molecular complexity index is 3930. The molecule has 0 bridgehead atoms. The summed E-state index contributed by atoms with van der Waals surface area (Å²) >= 11 is 0. The van der Waals surface area contributed by atoms with Crippen molar-refractivity contribution in [3.05, 3.63) is 283 Å². The fourth-order valence-corrected chi connectivity index (χ4v) is 13.0. The molecule has 0 atom stereocenters. The number of aryl methyl sites for hydroxylation is 1. The molecule has 0 saturated heterocycles. The summed E-state index contributed by atoms with van der Waals surface area (Å²) in [6, 6.07) is 95.5. The Labute approximate surface area is 415 Å². The van der Waals surface area contributed by atoms with Gasteiger partial charge in [0.25, 0.3) is 6.71 Å². The van der Waals surface area contributed by atoms with Crippen LogP contribution in [0.5, 0.6) is 0 Å². The lowest BCUT2D eigenvalue weighted by Crippen LogP contribution is -2.61. The first-order chi connectivity index (χ1) is 35.1. The third-order valence-electron chi connectivity index (χ3n) is 15.9. The first-order valence-corrected chi connectivity index (χ1v) is 24.9. The minimum absolute atomic E-state index is 0.0185. The highest BCUT2D eigenvalue weighted by atomic mass is 15.2. The molecule has 3 heteroatoms. The Hall–Kier alpha value is -8.92. The van der Waals surface area contributed by atoms with Crippen LogP contribution < -0.4 is 26.2 Å². The topological polar surface area (TPSA) is 6.48 Å². The molecule has 2 aliphatic carbocycles. The van der Waals surface area contributed by atoms with E-state index in [0.29, 0.717) is 0 Å². The van der Waals surface area contributed by atoms with Gasteiger partial charge in [0.1, 0.15) is 0 Å². The third-order valence-corrected chi connectivity index (χ3v) is 15.9. The number of hydrogen-bond acceptors (Lipinski definition) is 2. The Morgan fingerprint density at radius 1 is 0.296 bits per heavy atom. The van der Waals surface area contributed by atoms with Crippen molar-refractivity contribution in [3.63, 3.8) is 0 Å².